The second-order valence-corrected chi connectivity index (χ2v) is 3.74. The van der Waals surface area contributed by atoms with Gasteiger partial charge in [-0.2, -0.15) is 0 Å². The molecule has 4 nitrogen and oxygen atoms in total. The van der Waals surface area contributed by atoms with Crippen LogP contribution in [0.15, 0.2) is 42.5 Å². The van der Waals surface area contributed by atoms with Crippen molar-refractivity contribution in [3.63, 3.8) is 0 Å². The van der Waals surface area contributed by atoms with Crippen molar-refractivity contribution < 1.29 is 9.84 Å². The van der Waals surface area contributed by atoms with E-state index in [1.807, 2.05) is 12.1 Å². The number of benzene rings is 2. The van der Waals surface area contributed by atoms with Crippen LogP contribution in [-0.4, -0.2) is 5.11 Å². The molecule has 17 heavy (non-hydrogen) atoms. The number of rotatable bonds is 3. The highest BCUT2D eigenvalue weighted by atomic mass is 16.5. The Morgan fingerprint density at radius 1 is 1.06 bits per heavy atom. The Bertz CT molecular complexity index is 527. The zero-order valence-electron chi connectivity index (χ0n) is 9.26. The summed E-state index contributed by atoms with van der Waals surface area (Å²) in [5.74, 6) is 0.840. The van der Waals surface area contributed by atoms with Gasteiger partial charge in [0.05, 0.1) is 0 Å². The van der Waals surface area contributed by atoms with E-state index in [1.54, 1.807) is 24.3 Å². The molecular formula is C13H14N2O2. The first-order valence-corrected chi connectivity index (χ1v) is 5.21. The minimum absolute atomic E-state index is 0.148. The molecule has 0 spiro atoms. The van der Waals surface area contributed by atoms with Gasteiger partial charge in [0.15, 0.2) is 0 Å². The van der Waals surface area contributed by atoms with E-state index in [0.717, 1.165) is 5.56 Å². The van der Waals surface area contributed by atoms with Gasteiger partial charge in [-0.25, -0.2) is 0 Å². The number of nitrogens with two attached hydrogens (primary N) is 2. The minimum Gasteiger partial charge on any atom is -0.508 e. The molecule has 2 aromatic carbocycles. The van der Waals surface area contributed by atoms with Crippen LogP contribution in [0.5, 0.6) is 11.5 Å². The molecule has 4 heteroatoms. The van der Waals surface area contributed by atoms with E-state index >= 15 is 0 Å². The van der Waals surface area contributed by atoms with E-state index in [2.05, 4.69) is 0 Å². The van der Waals surface area contributed by atoms with Gasteiger partial charge in [0.1, 0.15) is 18.1 Å². The van der Waals surface area contributed by atoms with Gasteiger partial charge < -0.3 is 21.3 Å². The van der Waals surface area contributed by atoms with Crippen LogP contribution >= 0.6 is 0 Å². The molecule has 0 unspecified atom stereocenters. The van der Waals surface area contributed by atoms with E-state index in [-0.39, 0.29) is 5.75 Å². The molecule has 88 valence electrons. The molecule has 0 amide bonds. The van der Waals surface area contributed by atoms with Gasteiger partial charge in [-0.1, -0.05) is 6.07 Å². The number of anilines is 2. The van der Waals surface area contributed by atoms with E-state index < -0.39 is 0 Å². The molecule has 0 aromatic heterocycles. The fourth-order valence-electron chi connectivity index (χ4n) is 1.48. The Kier molecular flexibility index (Phi) is 3.05. The summed E-state index contributed by atoms with van der Waals surface area (Å²) in [6.45, 7) is 0.343. The Hall–Kier alpha value is -2.36. The molecule has 0 saturated heterocycles. The molecule has 0 radical (unpaired) electrons. The van der Waals surface area contributed by atoms with Crippen molar-refractivity contribution in [2.75, 3.05) is 11.5 Å². The monoisotopic (exact) mass is 230 g/mol. The van der Waals surface area contributed by atoms with Crippen molar-refractivity contribution in [1.82, 2.24) is 0 Å². The quantitative estimate of drug-likeness (QED) is 0.705. The van der Waals surface area contributed by atoms with Crippen LogP contribution in [0, 0.1) is 0 Å². The molecule has 0 atom stereocenters. The fraction of sp³-hybridized carbons (Fsp3) is 0.0769. The minimum atomic E-state index is 0.148. The summed E-state index contributed by atoms with van der Waals surface area (Å²) in [6, 6.07) is 12.0. The number of aromatic hydroxyl groups is 1. The molecule has 5 N–H and O–H groups in total. The predicted octanol–water partition coefficient (Wildman–Crippen LogP) is 2.14. The standard InChI is InChI=1S/C13H14N2O2/c14-10-2-1-3-12(6-10)17-8-9-4-5-11(16)7-13(9)15/h1-7,16H,8,14-15H2. The molecule has 0 fully saturated rings. The Morgan fingerprint density at radius 3 is 2.59 bits per heavy atom. The highest BCUT2D eigenvalue weighted by molar-refractivity contribution is 5.51. The Balaban J connectivity index is 2.07. The summed E-state index contributed by atoms with van der Waals surface area (Å²) in [4.78, 5) is 0. The van der Waals surface area contributed by atoms with Gasteiger partial charge in [0, 0.05) is 29.1 Å². The molecule has 0 aliphatic carbocycles. The van der Waals surface area contributed by atoms with Crippen LogP contribution in [0.4, 0.5) is 11.4 Å². The van der Waals surface area contributed by atoms with E-state index in [0.29, 0.717) is 23.7 Å². The van der Waals surface area contributed by atoms with Gasteiger partial charge in [0.25, 0.3) is 0 Å². The van der Waals surface area contributed by atoms with Crippen LogP contribution < -0.4 is 16.2 Å². The summed E-state index contributed by atoms with van der Waals surface area (Å²) in [5, 5.41) is 9.22. The molecule has 0 heterocycles. The lowest BCUT2D eigenvalue weighted by atomic mass is 10.2. The highest BCUT2D eigenvalue weighted by Gasteiger charge is 2.01. The maximum Gasteiger partial charge on any atom is 0.121 e. The summed E-state index contributed by atoms with van der Waals surface area (Å²) in [7, 11) is 0. The van der Waals surface area contributed by atoms with Crippen molar-refractivity contribution in [1.29, 1.82) is 0 Å². The lowest BCUT2D eigenvalue weighted by molar-refractivity contribution is 0.307. The fourth-order valence-corrected chi connectivity index (χ4v) is 1.48. The first-order valence-electron chi connectivity index (χ1n) is 5.21. The maximum atomic E-state index is 9.22. The average molecular weight is 230 g/mol. The maximum absolute atomic E-state index is 9.22. The zero-order valence-corrected chi connectivity index (χ0v) is 9.26. The van der Waals surface area contributed by atoms with Crippen molar-refractivity contribution in [2.45, 2.75) is 6.61 Å². The molecule has 0 bridgehead atoms. The Labute approximate surface area is 99.4 Å². The van der Waals surface area contributed by atoms with Crippen LogP contribution in [0.25, 0.3) is 0 Å². The summed E-state index contributed by atoms with van der Waals surface area (Å²) in [6.07, 6.45) is 0. The van der Waals surface area contributed by atoms with Crippen molar-refractivity contribution in [3.8, 4) is 11.5 Å². The van der Waals surface area contributed by atoms with E-state index in [1.165, 1.54) is 6.07 Å². The average Bonchev–Trinajstić information content (AvgIpc) is 2.28. The zero-order chi connectivity index (χ0) is 12.3. The number of ether oxygens (including phenoxy) is 1. The van der Waals surface area contributed by atoms with E-state index in [9.17, 15) is 5.11 Å². The third-order valence-corrected chi connectivity index (χ3v) is 2.38. The number of nitrogen functional groups attached to an aromatic ring is 2. The topological polar surface area (TPSA) is 81.5 Å². The molecule has 0 aliphatic heterocycles. The number of hydrogen-bond acceptors (Lipinski definition) is 4. The lowest BCUT2D eigenvalue weighted by Crippen LogP contribution is -2.00. The van der Waals surface area contributed by atoms with Gasteiger partial charge in [-0.05, 0) is 24.3 Å². The Morgan fingerprint density at radius 2 is 1.88 bits per heavy atom. The second-order valence-electron chi connectivity index (χ2n) is 3.74. The number of phenols is 1. The van der Waals surface area contributed by atoms with Crippen molar-refractivity contribution in [3.05, 3.63) is 48.0 Å². The van der Waals surface area contributed by atoms with Crippen molar-refractivity contribution in [2.24, 2.45) is 0 Å². The van der Waals surface area contributed by atoms with Crippen LogP contribution in [-0.2, 0) is 6.61 Å². The van der Waals surface area contributed by atoms with Crippen molar-refractivity contribution >= 4 is 11.4 Å². The smallest absolute Gasteiger partial charge is 0.121 e. The number of hydrogen-bond donors (Lipinski definition) is 3. The van der Waals surface area contributed by atoms with Crippen LogP contribution in [0.2, 0.25) is 0 Å². The lowest BCUT2D eigenvalue weighted by Gasteiger charge is -2.09. The summed E-state index contributed by atoms with van der Waals surface area (Å²) < 4.78 is 5.55. The first-order chi connectivity index (χ1) is 8.15. The van der Waals surface area contributed by atoms with E-state index in [4.69, 9.17) is 16.2 Å². The van der Waals surface area contributed by atoms with Gasteiger partial charge in [-0.15, -0.1) is 0 Å². The first kappa shape index (κ1) is 11.1. The molecule has 0 saturated carbocycles. The van der Waals surface area contributed by atoms with Gasteiger partial charge >= 0.3 is 0 Å². The predicted molar refractivity (Wildman–Crippen MR) is 67.7 cm³/mol. The molecule has 2 rings (SSSR count). The summed E-state index contributed by atoms with van der Waals surface area (Å²) >= 11 is 0. The third-order valence-electron chi connectivity index (χ3n) is 2.38. The highest BCUT2D eigenvalue weighted by Crippen LogP contribution is 2.21. The molecular weight excluding hydrogens is 216 g/mol. The van der Waals surface area contributed by atoms with Crippen LogP contribution in [0.1, 0.15) is 5.56 Å². The van der Waals surface area contributed by atoms with Gasteiger partial charge in [0.2, 0.25) is 0 Å². The number of phenolic OH excluding ortho intramolecular Hbond substituents is 1. The second kappa shape index (κ2) is 4.65. The molecule has 2 aromatic rings. The summed E-state index contributed by atoms with van der Waals surface area (Å²) in [5.41, 5.74) is 13.4. The van der Waals surface area contributed by atoms with Crippen LogP contribution in [0.3, 0.4) is 0 Å². The SMILES string of the molecule is Nc1cccc(OCc2ccc(O)cc2N)c1. The largest absolute Gasteiger partial charge is 0.508 e. The normalized spacial score (nSPS) is 10.1. The third kappa shape index (κ3) is 2.81. The molecule has 0 aliphatic rings. The van der Waals surface area contributed by atoms with Gasteiger partial charge in [-0.3, -0.25) is 0 Å².